The lowest BCUT2D eigenvalue weighted by molar-refractivity contribution is -0.125. The van der Waals surface area contributed by atoms with Gasteiger partial charge >= 0.3 is 5.97 Å². The SMILES string of the molecule is C[C@@H](OC(=O)c1ccccc1NS(=O)(=O)c1ccc(F)cc1)C(N)=O. The van der Waals surface area contributed by atoms with Crippen molar-refractivity contribution >= 4 is 27.6 Å². The number of para-hydroxylation sites is 1. The first-order valence-corrected chi connectivity index (χ1v) is 8.57. The monoisotopic (exact) mass is 366 g/mol. The molecule has 0 aliphatic rings. The predicted molar refractivity (Wildman–Crippen MR) is 87.7 cm³/mol. The van der Waals surface area contributed by atoms with Crippen molar-refractivity contribution in [3.8, 4) is 0 Å². The van der Waals surface area contributed by atoms with E-state index in [2.05, 4.69) is 4.72 Å². The van der Waals surface area contributed by atoms with Crippen LogP contribution in [0.15, 0.2) is 53.4 Å². The van der Waals surface area contributed by atoms with E-state index in [9.17, 15) is 22.4 Å². The number of carbonyl (C=O) groups is 2. The van der Waals surface area contributed by atoms with Crippen molar-refractivity contribution in [3.63, 3.8) is 0 Å². The number of hydrogen-bond donors (Lipinski definition) is 2. The van der Waals surface area contributed by atoms with Crippen LogP contribution in [-0.4, -0.2) is 26.4 Å². The molecule has 0 spiro atoms. The minimum Gasteiger partial charge on any atom is -0.449 e. The van der Waals surface area contributed by atoms with Crippen molar-refractivity contribution in [2.24, 2.45) is 5.73 Å². The molecule has 0 heterocycles. The quantitative estimate of drug-likeness (QED) is 0.754. The van der Waals surface area contributed by atoms with E-state index in [1.165, 1.54) is 31.2 Å². The normalized spacial score (nSPS) is 12.2. The molecule has 0 saturated carbocycles. The Morgan fingerprint density at radius 3 is 2.32 bits per heavy atom. The van der Waals surface area contributed by atoms with Gasteiger partial charge in [-0.05, 0) is 43.3 Å². The summed E-state index contributed by atoms with van der Waals surface area (Å²) >= 11 is 0. The number of primary amides is 1. The topological polar surface area (TPSA) is 116 Å². The highest BCUT2D eigenvalue weighted by Crippen LogP contribution is 2.21. The zero-order valence-corrected chi connectivity index (χ0v) is 13.9. The lowest BCUT2D eigenvalue weighted by atomic mass is 10.2. The van der Waals surface area contributed by atoms with Crippen LogP contribution < -0.4 is 10.5 Å². The highest BCUT2D eigenvalue weighted by Gasteiger charge is 2.22. The van der Waals surface area contributed by atoms with Gasteiger partial charge in [0.15, 0.2) is 6.10 Å². The molecular formula is C16H15FN2O5S. The molecule has 1 amide bonds. The van der Waals surface area contributed by atoms with Crippen LogP contribution in [0.4, 0.5) is 10.1 Å². The molecule has 0 fully saturated rings. The second kappa shape index (κ2) is 7.31. The van der Waals surface area contributed by atoms with Gasteiger partial charge < -0.3 is 10.5 Å². The van der Waals surface area contributed by atoms with Gasteiger partial charge in [-0.25, -0.2) is 17.6 Å². The van der Waals surface area contributed by atoms with Crippen molar-refractivity contribution in [1.29, 1.82) is 0 Å². The molecule has 0 radical (unpaired) electrons. The molecule has 9 heteroatoms. The lowest BCUT2D eigenvalue weighted by Crippen LogP contribution is -2.30. The molecule has 0 aliphatic heterocycles. The summed E-state index contributed by atoms with van der Waals surface area (Å²) in [5.41, 5.74) is 4.89. The van der Waals surface area contributed by atoms with E-state index < -0.39 is 33.8 Å². The van der Waals surface area contributed by atoms with Crippen LogP contribution >= 0.6 is 0 Å². The van der Waals surface area contributed by atoms with E-state index in [4.69, 9.17) is 10.5 Å². The summed E-state index contributed by atoms with van der Waals surface area (Å²) in [6.45, 7) is 1.30. The van der Waals surface area contributed by atoms with Gasteiger partial charge in [0, 0.05) is 0 Å². The number of nitrogens with two attached hydrogens (primary N) is 1. The maximum atomic E-state index is 12.9. The van der Waals surface area contributed by atoms with Crippen LogP contribution in [0.25, 0.3) is 0 Å². The van der Waals surface area contributed by atoms with Crippen LogP contribution in [0.2, 0.25) is 0 Å². The third-order valence-corrected chi connectivity index (χ3v) is 4.58. The van der Waals surface area contributed by atoms with Crippen molar-refractivity contribution in [2.45, 2.75) is 17.9 Å². The number of sulfonamides is 1. The molecule has 3 N–H and O–H groups in total. The Labute approximate surface area is 143 Å². The molecule has 0 aromatic heterocycles. The molecule has 25 heavy (non-hydrogen) atoms. The molecule has 0 saturated heterocycles. The van der Waals surface area contributed by atoms with E-state index in [1.807, 2.05) is 0 Å². The van der Waals surface area contributed by atoms with Gasteiger partial charge in [-0.15, -0.1) is 0 Å². The fourth-order valence-corrected chi connectivity index (χ4v) is 2.93. The Kier molecular flexibility index (Phi) is 5.38. The first-order valence-electron chi connectivity index (χ1n) is 7.08. The van der Waals surface area contributed by atoms with Crippen LogP contribution in [0.5, 0.6) is 0 Å². The van der Waals surface area contributed by atoms with Gasteiger partial charge in [0.1, 0.15) is 5.82 Å². The number of rotatable bonds is 6. The van der Waals surface area contributed by atoms with Crippen LogP contribution in [0.3, 0.4) is 0 Å². The number of anilines is 1. The molecule has 0 aliphatic carbocycles. The standard InChI is InChI=1S/C16H15FN2O5S/c1-10(15(18)20)24-16(21)13-4-2-3-5-14(13)19-25(22,23)12-8-6-11(17)7-9-12/h2-10,19H,1H3,(H2,18,20)/t10-/m1/s1. The molecule has 7 nitrogen and oxygen atoms in total. The Hall–Kier alpha value is -2.94. The van der Waals surface area contributed by atoms with E-state index >= 15 is 0 Å². The molecule has 2 aromatic carbocycles. The zero-order chi connectivity index (χ0) is 18.6. The van der Waals surface area contributed by atoms with E-state index in [1.54, 1.807) is 0 Å². The van der Waals surface area contributed by atoms with Gasteiger partial charge in [-0.1, -0.05) is 12.1 Å². The third-order valence-electron chi connectivity index (χ3n) is 3.20. The summed E-state index contributed by atoms with van der Waals surface area (Å²) in [4.78, 5) is 22.9. The number of carbonyl (C=O) groups excluding carboxylic acids is 2. The first kappa shape index (κ1) is 18.4. The van der Waals surface area contributed by atoms with Gasteiger partial charge in [0.05, 0.1) is 16.1 Å². The smallest absolute Gasteiger partial charge is 0.341 e. The summed E-state index contributed by atoms with van der Waals surface area (Å²) in [5, 5.41) is 0. The molecule has 2 aromatic rings. The number of nitrogens with one attached hydrogen (secondary N) is 1. The fourth-order valence-electron chi connectivity index (χ4n) is 1.85. The summed E-state index contributed by atoms with van der Waals surface area (Å²) in [5.74, 6) is -2.33. The first-order chi connectivity index (χ1) is 11.7. The largest absolute Gasteiger partial charge is 0.449 e. The van der Waals surface area contributed by atoms with Gasteiger partial charge in [-0.3, -0.25) is 9.52 Å². The van der Waals surface area contributed by atoms with Gasteiger partial charge in [0.25, 0.3) is 15.9 Å². The third kappa shape index (κ3) is 4.54. The number of amides is 1. The number of halogens is 1. The summed E-state index contributed by atoms with van der Waals surface area (Å²) in [6, 6.07) is 9.89. The average Bonchev–Trinajstić information content (AvgIpc) is 2.55. The molecule has 0 bridgehead atoms. The molecular weight excluding hydrogens is 351 g/mol. The van der Waals surface area contributed by atoms with Crippen molar-refractivity contribution in [1.82, 2.24) is 0 Å². The summed E-state index contributed by atoms with van der Waals surface area (Å²) in [7, 11) is -4.05. The van der Waals surface area contributed by atoms with E-state index in [0.717, 1.165) is 24.3 Å². The molecule has 132 valence electrons. The van der Waals surface area contributed by atoms with Crippen molar-refractivity contribution in [2.75, 3.05) is 4.72 Å². The lowest BCUT2D eigenvalue weighted by Gasteiger charge is -2.14. The maximum absolute atomic E-state index is 12.9. The van der Waals surface area contributed by atoms with Crippen LogP contribution in [0, 0.1) is 5.82 Å². The summed E-state index contributed by atoms with van der Waals surface area (Å²) < 4.78 is 44.8. The van der Waals surface area contributed by atoms with Gasteiger partial charge in [-0.2, -0.15) is 0 Å². The minimum absolute atomic E-state index is 0.0477. The zero-order valence-electron chi connectivity index (χ0n) is 13.1. The molecule has 2 rings (SSSR count). The number of esters is 1. The van der Waals surface area contributed by atoms with Gasteiger partial charge in [0.2, 0.25) is 0 Å². The predicted octanol–water partition coefficient (Wildman–Crippen LogP) is 1.66. The number of hydrogen-bond acceptors (Lipinski definition) is 5. The Balaban J connectivity index is 2.30. The summed E-state index contributed by atoms with van der Waals surface area (Å²) in [6.07, 6.45) is -1.17. The fraction of sp³-hybridized carbons (Fsp3) is 0.125. The van der Waals surface area contributed by atoms with Crippen LogP contribution in [-0.2, 0) is 19.6 Å². The highest BCUT2D eigenvalue weighted by atomic mass is 32.2. The van der Waals surface area contributed by atoms with E-state index in [0.29, 0.717) is 0 Å². The van der Waals surface area contributed by atoms with Crippen molar-refractivity contribution in [3.05, 3.63) is 59.9 Å². The Morgan fingerprint density at radius 1 is 1.12 bits per heavy atom. The molecule has 1 atom stereocenters. The second-order valence-corrected chi connectivity index (χ2v) is 6.74. The molecule has 0 unspecified atom stereocenters. The van der Waals surface area contributed by atoms with Crippen molar-refractivity contribution < 1.29 is 27.1 Å². The minimum atomic E-state index is -4.05. The number of benzene rings is 2. The second-order valence-electron chi connectivity index (χ2n) is 5.05. The average molecular weight is 366 g/mol. The number of ether oxygens (including phenoxy) is 1. The Bertz CT molecular complexity index is 897. The maximum Gasteiger partial charge on any atom is 0.341 e. The van der Waals surface area contributed by atoms with E-state index in [-0.39, 0.29) is 16.1 Å². The highest BCUT2D eigenvalue weighted by molar-refractivity contribution is 7.92. The van der Waals surface area contributed by atoms with Crippen LogP contribution in [0.1, 0.15) is 17.3 Å². The Morgan fingerprint density at radius 2 is 1.72 bits per heavy atom.